The van der Waals surface area contributed by atoms with Gasteiger partial charge in [-0.3, -0.25) is 9.78 Å². The quantitative estimate of drug-likeness (QED) is 0.336. The van der Waals surface area contributed by atoms with E-state index in [9.17, 15) is 14.7 Å². The van der Waals surface area contributed by atoms with Gasteiger partial charge in [-0.05, 0) is 63.2 Å². The maximum atomic E-state index is 13.5. The third-order valence-corrected chi connectivity index (χ3v) is 5.51. The first-order valence-electron chi connectivity index (χ1n) is 11.8. The molecule has 4 aromatic rings. The molecule has 37 heavy (non-hydrogen) atoms. The summed E-state index contributed by atoms with van der Waals surface area (Å²) in [6.45, 7) is 5.79. The number of benzene rings is 2. The smallest absolute Gasteiger partial charge is 0.338 e. The Morgan fingerprint density at radius 3 is 2.54 bits per heavy atom. The predicted octanol–water partition coefficient (Wildman–Crippen LogP) is 4.69. The van der Waals surface area contributed by atoms with Crippen LogP contribution in [0.3, 0.4) is 0 Å². The molecule has 0 atom stereocenters. The van der Waals surface area contributed by atoms with Crippen LogP contribution in [0.2, 0.25) is 0 Å². The molecule has 0 bridgehead atoms. The second kappa shape index (κ2) is 11.5. The number of hydrogen-bond acceptors (Lipinski definition) is 8. The van der Waals surface area contributed by atoms with Gasteiger partial charge in [0.15, 0.2) is 5.58 Å². The Labute approximate surface area is 213 Å². The number of anilines is 1. The van der Waals surface area contributed by atoms with Crippen LogP contribution in [0.25, 0.3) is 11.0 Å². The molecule has 0 unspecified atom stereocenters. The van der Waals surface area contributed by atoms with E-state index in [1.807, 2.05) is 13.0 Å². The highest BCUT2D eigenvalue weighted by Crippen LogP contribution is 2.26. The molecule has 190 valence electrons. The minimum atomic E-state index is -0.474. The SMILES string of the molecule is CCOC(=O)c1ccc(N=c2oc3c(C)ncc(CO)c3cc2C(=O)Nc2ccccc2OCC)cc1. The summed E-state index contributed by atoms with van der Waals surface area (Å²) < 4.78 is 16.8. The molecule has 2 heterocycles. The summed E-state index contributed by atoms with van der Waals surface area (Å²) in [5.41, 5.74) is 3.02. The van der Waals surface area contributed by atoms with E-state index in [0.29, 0.717) is 51.5 Å². The van der Waals surface area contributed by atoms with Crippen molar-refractivity contribution in [1.29, 1.82) is 0 Å². The number of pyridine rings is 1. The number of carbonyl (C=O) groups is 2. The minimum absolute atomic E-state index is 0.0442. The molecule has 2 aromatic heterocycles. The fourth-order valence-electron chi connectivity index (χ4n) is 3.70. The summed E-state index contributed by atoms with van der Waals surface area (Å²) in [6, 6.07) is 15.2. The van der Waals surface area contributed by atoms with Crippen molar-refractivity contribution in [3.63, 3.8) is 0 Å². The number of aromatic nitrogens is 1. The fraction of sp³-hybridized carbons (Fsp3) is 0.214. The first-order valence-corrected chi connectivity index (χ1v) is 11.8. The van der Waals surface area contributed by atoms with Gasteiger partial charge in [0.25, 0.3) is 5.91 Å². The summed E-state index contributed by atoms with van der Waals surface area (Å²) in [5, 5.41) is 13.3. The Kier molecular flexibility index (Phi) is 7.95. The number of rotatable bonds is 8. The van der Waals surface area contributed by atoms with Crippen molar-refractivity contribution >= 4 is 34.2 Å². The standard InChI is InChI=1S/C28H27N3O6/c1-4-35-24-9-7-6-8-23(24)31-26(33)22-14-21-19(16-32)15-29-17(3)25(21)37-27(22)30-20-12-10-18(11-13-20)28(34)36-5-2/h6-15,32H,4-5,16H2,1-3H3,(H,31,33). The van der Waals surface area contributed by atoms with Crippen LogP contribution >= 0.6 is 0 Å². The summed E-state index contributed by atoms with van der Waals surface area (Å²) in [6.07, 6.45) is 1.55. The molecule has 2 N–H and O–H groups in total. The number of aryl methyl sites for hydroxylation is 1. The number of esters is 1. The summed E-state index contributed by atoms with van der Waals surface area (Å²) in [5.74, 6) is -0.381. The van der Waals surface area contributed by atoms with Crippen LogP contribution in [-0.4, -0.2) is 35.2 Å². The lowest BCUT2D eigenvalue weighted by Crippen LogP contribution is -2.22. The van der Waals surface area contributed by atoms with Crippen molar-refractivity contribution in [3.8, 4) is 5.75 Å². The van der Waals surface area contributed by atoms with E-state index in [1.54, 1.807) is 68.6 Å². The monoisotopic (exact) mass is 501 g/mol. The van der Waals surface area contributed by atoms with E-state index >= 15 is 0 Å². The van der Waals surface area contributed by atoms with Crippen molar-refractivity contribution in [2.75, 3.05) is 18.5 Å². The van der Waals surface area contributed by atoms with Gasteiger partial charge >= 0.3 is 5.97 Å². The Bertz CT molecular complexity index is 1510. The zero-order valence-corrected chi connectivity index (χ0v) is 20.8. The van der Waals surface area contributed by atoms with Crippen molar-refractivity contribution in [2.45, 2.75) is 27.4 Å². The van der Waals surface area contributed by atoms with Crippen LogP contribution in [0.15, 0.2) is 70.2 Å². The van der Waals surface area contributed by atoms with Gasteiger partial charge in [-0.2, -0.15) is 0 Å². The highest BCUT2D eigenvalue weighted by atomic mass is 16.5. The van der Waals surface area contributed by atoms with Gasteiger partial charge in [0.2, 0.25) is 5.55 Å². The van der Waals surface area contributed by atoms with Crippen LogP contribution in [0.4, 0.5) is 11.4 Å². The first-order chi connectivity index (χ1) is 17.9. The van der Waals surface area contributed by atoms with Gasteiger partial charge in [-0.25, -0.2) is 9.79 Å². The number of amides is 1. The Morgan fingerprint density at radius 2 is 1.84 bits per heavy atom. The molecule has 0 aliphatic heterocycles. The van der Waals surface area contributed by atoms with Gasteiger partial charge in [-0.15, -0.1) is 0 Å². The predicted molar refractivity (Wildman–Crippen MR) is 138 cm³/mol. The molecule has 0 aliphatic carbocycles. The first kappa shape index (κ1) is 25.6. The summed E-state index contributed by atoms with van der Waals surface area (Å²) in [4.78, 5) is 34.3. The maximum Gasteiger partial charge on any atom is 0.338 e. The molecular weight excluding hydrogens is 474 g/mol. The molecule has 0 aliphatic rings. The van der Waals surface area contributed by atoms with Gasteiger partial charge in [-0.1, -0.05) is 12.1 Å². The Balaban J connectivity index is 1.84. The lowest BCUT2D eigenvalue weighted by atomic mass is 10.1. The number of aliphatic hydroxyl groups is 1. The lowest BCUT2D eigenvalue weighted by Gasteiger charge is -2.12. The molecule has 0 saturated carbocycles. The molecule has 0 saturated heterocycles. The molecule has 4 rings (SSSR count). The number of nitrogens with one attached hydrogen (secondary N) is 1. The minimum Gasteiger partial charge on any atom is -0.492 e. The highest BCUT2D eigenvalue weighted by Gasteiger charge is 2.18. The topological polar surface area (TPSA) is 123 Å². The summed E-state index contributed by atoms with van der Waals surface area (Å²) >= 11 is 0. The number of para-hydroxylation sites is 2. The van der Waals surface area contributed by atoms with E-state index < -0.39 is 11.9 Å². The average Bonchev–Trinajstić information content (AvgIpc) is 2.90. The molecular formula is C28H27N3O6. The number of ether oxygens (including phenoxy) is 2. The third-order valence-electron chi connectivity index (χ3n) is 5.51. The van der Waals surface area contributed by atoms with E-state index in [4.69, 9.17) is 13.9 Å². The van der Waals surface area contributed by atoms with E-state index in [2.05, 4.69) is 15.3 Å². The van der Waals surface area contributed by atoms with Crippen LogP contribution in [0.1, 0.15) is 45.8 Å². The molecule has 1 amide bonds. The lowest BCUT2D eigenvalue weighted by molar-refractivity contribution is 0.0526. The third kappa shape index (κ3) is 5.68. The zero-order valence-electron chi connectivity index (χ0n) is 20.8. The Morgan fingerprint density at radius 1 is 1.08 bits per heavy atom. The fourth-order valence-corrected chi connectivity index (χ4v) is 3.70. The summed E-state index contributed by atoms with van der Waals surface area (Å²) in [7, 11) is 0. The molecule has 0 fully saturated rings. The van der Waals surface area contributed by atoms with Crippen LogP contribution in [-0.2, 0) is 11.3 Å². The number of carbonyl (C=O) groups excluding carboxylic acids is 2. The van der Waals surface area contributed by atoms with Crippen LogP contribution in [0.5, 0.6) is 5.75 Å². The van der Waals surface area contributed by atoms with Gasteiger partial charge in [0.05, 0.1) is 42.5 Å². The number of nitrogens with zero attached hydrogens (tertiary/aromatic N) is 2. The van der Waals surface area contributed by atoms with E-state index in [1.165, 1.54) is 0 Å². The Hall–Kier alpha value is -4.50. The highest BCUT2D eigenvalue weighted by molar-refractivity contribution is 6.06. The van der Waals surface area contributed by atoms with Gasteiger partial charge in [0.1, 0.15) is 11.3 Å². The van der Waals surface area contributed by atoms with Crippen molar-refractivity contribution < 1.29 is 28.6 Å². The second-order valence-corrected chi connectivity index (χ2v) is 8.00. The average molecular weight is 502 g/mol. The normalized spacial score (nSPS) is 11.4. The van der Waals surface area contributed by atoms with Crippen LogP contribution < -0.4 is 15.6 Å². The number of hydrogen-bond donors (Lipinski definition) is 2. The van der Waals surface area contributed by atoms with Crippen molar-refractivity contribution in [1.82, 2.24) is 4.98 Å². The maximum absolute atomic E-state index is 13.5. The molecule has 2 aromatic carbocycles. The molecule has 0 radical (unpaired) electrons. The van der Waals surface area contributed by atoms with E-state index in [-0.39, 0.29) is 24.3 Å². The largest absolute Gasteiger partial charge is 0.492 e. The van der Waals surface area contributed by atoms with Crippen molar-refractivity contribution in [2.24, 2.45) is 4.99 Å². The molecule has 9 heteroatoms. The van der Waals surface area contributed by atoms with Crippen molar-refractivity contribution in [3.05, 3.63) is 88.7 Å². The molecule has 0 spiro atoms. The number of aliphatic hydroxyl groups excluding tert-OH is 1. The zero-order chi connectivity index (χ0) is 26.4. The number of fused-ring (bicyclic) bond motifs is 1. The second-order valence-electron chi connectivity index (χ2n) is 8.00. The van der Waals surface area contributed by atoms with Gasteiger partial charge < -0.3 is 24.3 Å². The van der Waals surface area contributed by atoms with Crippen LogP contribution in [0, 0.1) is 6.92 Å². The van der Waals surface area contributed by atoms with Gasteiger partial charge in [0, 0.05) is 17.1 Å². The van der Waals surface area contributed by atoms with E-state index in [0.717, 1.165) is 0 Å². The molecule has 9 nitrogen and oxygen atoms in total.